The molecule has 0 spiro atoms. The minimum absolute atomic E-state index is 0.00172. The molecule has 1 aliphatic carbocycles. The molecule has 33 heavy (non-hydrogen) atoms. The van der Waals surface area contributed by atoms with Crippen LogP contribution >= 0.6 is 0 Å². The molecule has 180 valence electrons. The van der Waals surface area contributed by atoms with Crippen molar-refractivity contribution in [3.63, 3.8) is 0 Å². The number of nitroso groups, excluding NO2 is 1. The van der Waals surface area contributed by atoms with Crippen molar-refractivity contribution in [2.45, 2.75) is 72.4 Å². The number of carbonyl (C=O) groups excluding carboxylic acids is 1. The van der Waals surface area contributed by atoms with Gasteiger partial charge in [-0.1, -0.05) is 34.6 Å². The lowest BCUT2D eigenvalue weighted by atomic mass is 9.68. The maximum absolute atomic E-state index is 12.6. The van der Waals surface area contributed by atoms with Crippen LogP contribution in [-0.4, -0.2) is 45.3 Å². The quantitative estimate of drug-likeness (QED) is 0.459. The summed E-state index contributed by atoms with van der Waals surface area (Å²) in [5, 5.41) is 14.9. The van der Waals surface area contributed by atoms with Gasteiger partial charge in [-0.25, -0.2) is 19.7 Å². The second-order valence-electron chi connectivity index (χ2n) is 10.8. The average Bonchev–Trinajstić information content (AvgIpc) is 3.25. The van der Waals surface area contributed by atoms with Crippen LogP contribution in [0.4, 0.5) is 11.5 Å². The Hall–Kier alpha value is -3.04. The Morgan fingerprint density at radius 1 is 1.33 bits per heavy atom. The predicted octanol–water partition coefficient (Wildman–Crippen LogP) is 3.73. The molecule has 2 unspecified atom stereocenters. The van der Waals surface area contributed by atoms with Gasteiger partial charge in [-0.2, -0.15) is 5.10 Å². The number of pyridine rings is 1. The number of anilines is 2. The molecule has 2 heterocycles. The van der Waals surface area contributed by atoms with E-state index in [0.29, 0.717) is 5.82 Å². The van der Waals surface area contributed by atoms with Crippen LogP contribution in [0.2, 0.25) is 0 Å². The van der Waals surface area contributed by atoms with Crippen molar-refractivity contribution in [3.8, 4) is 0 Å². The molecule has 1 fully saturated rings. The fraction of sp³-hybridized carbons (Fsp3) is 0.652. The number of nitrogens with one attached hydrogen (secondary N) is 2. The van der Waals surface area contributed by atoms with Crippen LogP contribution < -0.4 is 15.6 Å². The molecule has 0 aliphatic heterocycles. The van der Waals surface area contributed by atoms with Crippen LogP contribution in [0.1, 0.15) is 65.5 Å². The Balaban J connectivity index is 1.77. The van der Waals surface area contributed by atoms with E-state index in [9.17, 15) is 9.70 Å². The second kappa shape index (κ2) is 9.84. The van der Waals surface area contributed by atoms with E-state index in [0.717, 1.165) is 37.2 Å². The summed E-state index contributed by atoms with van der Waals surface area (Å²) in [5.41, 5.74) is 1.74. The predicted molar refractivity (Wildman–Crippen MR) is 129 cm³/mol. The van der Waals surface area contributed by atoms with Gasteiger partial charge >= 0.3 is 0 Å². The Labute approximate surface area is 195 Å². The van der Waals surface area contributed by atoms with Gasteiger partial charge in [-0.3, -0.25) is 4.79 Å². The fourth-order valence-electron chi connectivity index (χ4n) is 4.14. The highest BCUT2D eigenvalue weighted by molar-refractivity contribution is 5.76. The molecule has 2 aromatic heterocycles. The summed E-state index contributed by atoms with van der Waals surface area (Å²) in [7, 11) is 1.61. The number of aromatic nitrogens is 4. The van der Waals surface area contributed by atoms with Gasteiger partial charge in [-0.15, -0.1) is 4.91 Å². The number of rotatable bonds is 8. The van der Waals surface area contributed by atoms with E-state index in [1.165, 1.54) is 22.3 Å². The maximum Gasteiger partial charge on any atom is 0.242 e. The van der Waals surface area contributed by atoms with Gasteiger partial charge in [0.25, 0.3) is 0 Å². The molecule has 3 rings (SSSR count). The number of hydrogen-bond acceptors (Lipinski definition) is 7. The van der Waals surface area contributed by atoms with E-state index in [1.54, 1.807) is 7.05 Å². The lowest BCUT2D eigenvalue weighted by Gasteiger charge is -2.42. The molecule has 2 aromatic rings. The number of amides is 1. The van der Waals surface area contributed by atoms with Crippen LogP contribution in [0.25, 0.3) is 0 Å². The summed E-state index contributed by atoms with van der Waals surface area (Å²) in [6.45, 7) is 11.7. The van der Waals surface area contributed by atoms with E-state index in [1.807, 2.05) is 12.1 Å². The first-order chi connectivity index (χ1) is 15.5. The van der Waals surface area contributed by atoms with Crippen molar-refractivity contribution in [2.24, 2.45) is 16.1 Å². The molecule has 0 radical (unpaired) electrons. The average molecular weight is 457 g/mol. The molecule has 1 aliphatic rings. The van der Waals surface area contributed by atoms with Crippen LogP contribution in [-0.2, 0) is 11.3 Å². The minimum Gasteiger partial charge on any atom is -0.381 e. The first-order valence-electron chi connectivity index (χ1n) is 11.4. The Morgan fingerprint density at radius 2 is 2.09 bits per heavy atom. The molecule has 0 bridgehead atoms. The van der Waals surface area contributed by atoms with Gasteiger partial charge in [0.05, 0.1) is 11.0 Å². The Morgan fingerprint density at radius 3 is 2.73 bits per heavy atom. The molecule has 1 amide bonds. The lowest BCUT2D eigenvalue weighted by molar-refractivity contribution is -0.123. The van der Waals surface area contributed by atoms with Crippen LogP contribution in [0.15, 0.2) is 30.1 Å². The minimum atomic E-state index is -0.0838. The van der Waals surface area contributed by atoms with E-state index < -0.39 is 0 Å². The van der Waals surface area contributed by atoms with Gasteiger partial charge in [0.2, 0.25) is 5.91 Å². The first kappa shape index (κ1) is 24.6. The highest BCUT2D eigenvalue weighted by atomic mass is 16.3. The van der Waals surface area contributed by atoms with Crippen molar-refractivity contribution in [1.29, 1.82) is 0 Å². The number of carbonyl (C=O) groups is 1. The lowest BCUT2D eigenvalue weighted by Crippen LogP contribution is -2.49. The topological polar surface area (TPSA) is 117 Å². The van der Waals surface area contributed by atoms with Crippen molar-refractivity contribution in [3.05, 3.63) is 35.4 Å². The van der Waals surface area contributed by atoms with Crippen molar-refractivity contribution in [2.75, 3.05) is 23.9 Å². The van der Waals surface area contributed by atoms with Crippen molar-refractivity contribution in [1.82, 2.24) is 25.1 Å². The van der Waals surface area contributed by atoms with E-state index in [4.69, 9.17) is 4.98 Å². The van der Waals surface area contributed by atoms with Crippen molar-refractivity contribution < 1.29 is 4.79 Å². The summed E-state index contributed by atoms with van der Waals surface area (Å²) >= 11 is 0. The summed E-state index contributed by atoms with van der Waals surface area (Å²) < 4.78 is 1.52. The number of hydrogen-bond donors (Lipinski definition) is 2. The molecule has 1 saturated carbocycles. The van der Waals surface area contributed by atoms with Crippen LogP contribution in [0, 0.1) is 15.7 Å². The third kappa shape index (κ3) is 6.49. The molecular weight excluding hydrogens is 420 g/mol. The standard InChI is InChI=1S/C23H36N8O2/c1-22(2,3)13-25-18-8-7-17(27-21(18)30(6)29-33)16-9-10-23(4,5)19(11-16)28-20(32)12-31-15-24-14-26-31/h7-8,14-16,19,25H,9-13H2,1-6H3,(H,28,32). The summed E-state index contributed by atoms with van der Waals surface area (Å²) in [6.07, 6.45) is 5.64. The Kier molecular flexibility index (Phi) is 7.34. The van der Waals surface area contributed by atoms with Gasteiger partial charge in [0.1, 0.15) is 19.2 Å². The molecule has 0 aromatic carbocycles. The zero-order valence-corrected chi connectivity index (χ0v) is 20.5. The van der Waals surface area contributed by atoms with Crippen molar-refractivity contribution >= 4 is 17.4 Å². The fourth-order valence-corrected chi connectivity index (χ4v) is 4.14. The normalized spacial score (nSPS) is 20.2. The molecule has 10 nitrogen and oxygen atoms in total. The highest BCUT2D eigenvalue weighted by Crippen LogP contribution is 2.43. The third-order valence-corrected chi connectivity index (χ3v) is 6.26. The van der Waals surface area contributed by atoms with E-state index in [-0.39, 0.29) is 35.2 Å². The monoisotopic (exact) mass is 456 g/mol. The highest BCUT2D eigenvalue weighted by Gasteiger charge is 2.38. The molecular formula is C23H36N8O2. The largest absolute Gasteiger partial charge is 0.381 e. The van der Waals surface area contributed by atoms with Gasteiger partial charge in [0.15, 0.2) is 5.82 Å². The van der Waals surface area contributed by atoms with Gasteiger partial charge in [0, 0.05) is 31.2 Å². The van der Waals surface area contributed by atoms with Crippen LogP contribution in [0.5, 0.6) is 0 Å². The second-order valence-corrected chi connectivity index (χ2v) is 10.8. The zero-order chi connectivity index (χ0) is 24.2. The summed E-state index contributed by atoms with van der Waals surface area (Å²) in [6, 6.07) is 3.99. The SMILES string of the molecule is CN(N=O)c1nc(C2CCC(C)(C)C(NC(=O)Cn3cncn3)C2)ccc1NCC(C)(C)C. The zero-order valence-electron chi connectivity index (χ0n) is 20.5. The first-order valence-corrected chi connectivity index (χ1v) is 11.4. The number of nitrogens with zero attached hydrogens (tertiary/aromatic N) is 6. The molecule has 2 N–H and O–H groups in total. The Bertz CT molecular complexity index is 952. The third-order valence-electron chi connectivity index (χ3n) is 6.26. The van der Waals surface area contributed by atoms with Gasteiger partial charge in [-0.05, 0) is 42.2 Å². The smallest absolute Gasteiger partial charge is 0.242 e. The van der Waals surface area contributed by atoms with E-state index >= 15 is 0 Å². The molecule has 2 atom stereocenters. The summed E-state index contributed by atoms with van der Waals surface area (Å²) in [4.78, 5) is 32.6. The molecule has 10 heteroatoms. The van der Waals surface area contributed by atoms with Gasteiger partial charge < -0.3 is 10.6 Å². The van der Waals surface area contributed by atoms with Crippen LogP contribution in [0.3, 0.4) is 0 Å². The molecule has 0 saturated heterocycles. The van der Waals surface area contributed by atoms with E-state index in [2.05, 4.69) is 60.6 Å². The summed E-state index contributed by atoms with van der Waals surface area (Å²) in [5.74, 6) is 0.605. The maximum atomic E-state index is 12.6.